The molecule has 1 saturated heterocycles. The first-order valence-electron chi connectivity index (χ1n) is 7.16. The molecular weight excluding hydrogens is 278 g/mol. The minimum atomic E-state index is 0.519. The van der Waals surface area contributed by atoms with E-state index >= 15 is 0 Å². The lowest BCUT2D eigenvalue weighted by Crippen LogP contribution is -2.45. The van der Waals surface area contributed by atoms with Gasteiger partial charge in [0.2, 0.25) is 0 Å². The van der Waals surface area contributed by atoms with E-state index in [0.717, 1.165) is 17.3 Å². The van der Waals surface area contributed by atoms with E-state index in [1.165, 1.54) is 58.0 Å². The lowest BCUT2D eigenvalue weighted by atomic mass is 9.88. The van der Waals surface area contributed by atoms with Crippen molar-refractivity contribution < 1.29 is 4.74 Å². The number of hydrogen-bond acceptors (Lipinski definition) is 2. The van der Waals surface area contributed by atoms with Gasteiger partial charge in [-0.3, -0.25) is 0 Å². The molecule has 1 aliphatic carbocycles. The molecule has 2 aliphatic rings. The Kier molecular flexibility index (Phi) is 5.78. The van der Waals surface area contributed by atoms with Gasteiger partial charge in [-0.1, -0.05) is 15.9 Å². The highest BCUT2D eigenvalue weighted by Crippen LogP contribution is 2.29. The third-order valence-electron chi connectivity index (χ3n) is 4.52. The predicted molar refractivity (Wildman–Crippen MR) is 75.8 cm³/mol. The van der Waals surface area contributed by atoms with Gasteiger partial charge in [-0.25, -0.2) is 0 Å². The molecule has 0 aromatic carbocycles. The molecule has 1 heterocycles. The number of alkyl halides is 1. The average molecular weight is 304 g/mol. The van der Waals surface area contributed by atoms with E-state index in [2.05, 4.69) is 20.8 Å². The zero-order valence-corrected chi connectivity index (χ0v) is 12.6. The van der Waals surface area contributed by atoms with Crippen LogP contribution in [0.25, 0.3) is 0 Å². The summed E-state index contributed by atoms with van der Waals surface area (Å²) in [5.41, 5.74) is 0. The van der Waals surface area contributed by atoms with Gasteiger partial charge in [0.1, 0.15) is 0 Å². The van der Waals surface area contributed by atoms with Gasteiger partial charge >= 0.3 is 0 Å². The molecule has 3 heteroatoms. The lowest BCUT2D eigenvalue weighted by molar-refractivity contribution is 0.0148. The van der Waals surface area contributed by atoms with Gasteiger partial charge in [0.05, 0.1) is 6.10 Å². The highest BCUT2D eigenvalue weighted by Gasteiger charge is 2.29. The SMILES string of the molecule is COC1CCCC(N2CCCC(CCBr)C2)C1. The molecular formula is C14H26BrNO. The number of hydrogen-bond donors (Lipinski definition) is 0. The Bertz CT molecular complexity index is 222. The number of nitrogens with zero attached hydrogens (tertiary/aromatic N) is 1. The second-order valence-corrected chi connectivity index (χ2v) is 6.45. The first kappa shape index (κ1) is 13.8. The summed E-state index contributed by atoms with van der Waals surface area (Å²) in [5, 5.41) is 1.16. The fraction of sp³-hybridized carbons (Fsp3) is 1.00. The molecule has 0 radical (unpaired) electrons. The van der Waals surface area contributed by atoms with Crippen molar-refractivity contribution in [3.63, 3.8) is 0 Å². The van der Waals surface area contributed by atoms with Crippen LogP contribution in [0, 0.1) is 5.92 Å². The van der Waals surface area contributed by atoms with E-state index in [0.29, 0.717) is 6.10 Å². The van der Waals surface area contributed by atoms with E-state index in [9.17, 15) is 0 Å². The smallest absolute Gasteiger partial charge is 0.0586 e. The lowest BCUT2D eigenvalue weighted by Gasteiger charge is -2.41. The number of ether oxygens (including phenoxy) is 1. The Morgan fingerprint density at radius 1 is 1.24 bits per heavy atom. The van der Waals surface area contributed by atoms with Gasteiger partial charge < -0.3 is 9.64 Å². The van der Waals surface area contributed by atoms with Gasteiger partial charge in [0, 0.05) is 25.0 Å². The summed E-state index contributed by atoms with van der Waals surface area (Å²) < 4.78 is 5.55. The van der Waals surface area contributed by atoms with Crippen molar-refractivity contribution in [2.75, 3.05) is 25.5 Å². The van der Waals surface area contributed by atoms with Gasteiger partial charge in [0.25, 0.3) is 0 Å². The summed E-state index contributed by atoms with van der Waals surface area (Å²) in [5.74, 6) is 0.922. The minimum absolute atomic E-state index is 0.519. The Labute approximate surface area is 114 Å². The third kappa shape index (κ3) is 3.93. The number of piperidine rings is 1. The highest BCUT2D eigenvalue weighted by atomic mass is 79.9. The molecule has 0 aromatic rings. The molecule has 3 atom stereocenters. The van der Waals surface area contributed by atoms with Crippen LogP contribution in [-0.4, -0.2) is 42.6 Å². The maximum atomic E-state index is 5.55. The van der Waals surface area contributed by atoms with E-state index in [1.54, 1.807) is 0 Å². The van der Waals surface area contributed by atoms with Crippen molar-refractivity contribution in [3.05, 3.63) is 0 Å². The van der Waals surface area contributed by atoms with E-state index < -0.39 is 0 Å². The standard InChI is InChI=1S/C14H26BrNO/c1-17-14-6-2-5-13(10-14)16-9-3-4-12(11-16)7-8-15/h12-14H,2-11H2,1H3. The zero-order chi connectivity index (χ0) is 12.1. The Hall–Kier alpha value is 0.400. The molecule has 0 amide bonds. The molecule has 2 fully saturated rings. The summed E-state index contributed by atoms with van der Waals surface area (Å²) in [6.07, 6.45) is 9.96. The molecule has 17 heavy (non-hydrogen) atoms. The van der Waals surface area contributed by atoms with E-state index in [-0.39, 0.29) is 0 Å². The van der Waals surface area contributed by atoms with Gasteiger partial charge in [-0.2, -0.15) is 0 Å². The molecule has 1 aliphatic heterocycles. The maximum Gasteiger partial charge on any atom is 0.0586 e. The number of halogens is 1. The predicted octanol–water partition coefficient (Wildman–Crippen LogP) is 3.44. The molecule has 0 bridgehead atoms. The molecule has 2 rings (SSSR count). The zero-order valence-electron chi connectivity index (χ0n) is 11.0. The van der Waals surface area contributed by atoms with Crippen molar-refractivity contribution in [2.45, 2.75) is 57.1 Å². The molecule has 100 valence electrons. The third-order valence-corrected chi connectivity index (χ3v) is 4.97. The first-order chi connectivity index (χ1) is 8.33. The van der Waals surface area contributed by atoms with E-state index in [4.69, 9.17) is 4.74 Å². The second-order valence-electron chi connectivity index (χ2n) is 5.66. The van der Waals surface area contributed by atoms with Gasteiger partial charge in [0.15, 0.2) is 0 Å². The summed E-state index contributed by atoms with van der Waals surface area (Å²) in [6.45, 7) is 2.65. The highest BCUT2D eigenvalue weighted by molar-refractivity contribution is 9.09. The van der Waals surface area contributed by atoms with Crippen molar-refractivity contribution in [2.24, 2.45) is 5.92 Å². The summed E-state index contributed by atoms with van der Waals surface area (Å²) >= 11 is 3.58. The molecule has 0 N–H and O–H groups in total. The first-order valence-corrected chi connectivity index (χ1v) is 8.28. The Balaban J connectivity index is 1.83. The second kappa shape index (κ2) is 7.10. The molecule has 0 spiro atoms. The summed E-state index contributed by atoms with van der Waals surface area (Å²) in [6, 6.07) is 0.798. The fourth-order valence-corrected chi connectivity index (χ4v) is 4.13. The van der Waals surface area contributed by atoms with Crippen molar-refractivity contribution in [1.82, 2.24) is 4.90 Å². The van der Waals surface area contributed by atoms with Gasteiger partial charge in [-0.05, 0) is 57.4 Å². The maximum absolute atomic E-state index is 5.55. The van der Waals surface area contributed by atoms with E-state index in [1.807, 2.05) is 7.11 Å². The van der Waals surface area contributed by atoms with Crippen LogP contribution >= 0.6 is 15.9 Å². The number of methoxy groups -OCH3 is 1. The fourth-order valence-electron chi connectivity index (χ4n) is 3.48. The van der Waals surface area contributed by atoms with Crippen LogP contribution in [0.1, 0.15) is 44.9 Å². The quantitative estimate of drug-likeness (QED) is 0.738. The Morgan fingerprint density at radius 3 is 2.88 bits per heavy atom. The number of rotatable bonds is 4. The molecule has 0 aromatic heterocycles. The average Bonchev–Trinajstić information content (AvgIpc) is 2.40. The van der Waals surface area contributed by atoms with Crippen LogP contribution in [0.2, 0.25) is 0 Å². The van der Waals surface area contributed by atoms with Gasteiger partial charge in [-0.15, -0.1) is 0 Å². The van der Waals surface area contributed by atoms with Crippen LogP contribution < -0.4 is 0 Å². The molecule has 1 saturated carbocycles. The monoisotopic (exact) mass is 303 g/mol. The van der Waals surface area contributed by atoms with Crippen LogP contribution in [0.4, 0.5) is 0 Å². The minimum Gasteiger partial charge on any atom is -0.381 e. The van der Waals surface area contributed by atoms with Crippen LogP contribution in [-0.2, 0) is 4.74 Å². The Morgan fingerprint density at radius 2 is 2.12 bits per heavy atom. The van der Waals surface area contributed by atoms with Crippen molar-refractivity contribution in [1.29, 1.82) is 0 Å². The van der Waals surface area contributed by atoms with Crippen LogP contribution in [0.15, 0.2) is 0 Å². The normalized spacial score (nSPS) is 36.0. The number of likely N-dealkylation sites (tertiary alicyclic amines) is 1. The van der Waals surface area contributed by atoms with Crippen molar-refractivity contribution in [3.8, 4) is 0 Å². The largest absolute Gasteiger partial charge is 0.381 e. The molecule has 3 unspecified atom stereocenters. The topological polar surface area (TPSA) is 12.5 Å². The van der Waals surface area contributed by atoms with Crippen LogP contribution in [0.3, 0.4) is 0 Å². The molecule has 2 nitrogen and oxygen atoms in total. The summed E-state index contributed by atoms with van der Waals surface area (Å²) in [4.78, 5) is 2.75. The van der Waals surface area contributed by atoms with Crippen LogP contribution in [0.5, 0.6) is 0 Å². The summed E-state index contributed by atoms with van der Waals surface area (Å²) in [7, 11) is 1.87. The van der Waals surface area contributed by atoms with Crippen molar-refractivity contribution >= 4 is 15.9 Å².